The van der Waals surface area contributed by atoms with Gasteiger partial charge in [0.25, 0.3) is 0 Å². The summed E-state index contributed by atoms with van der Waals surface area (Å²) in [6.45, 7) is 3.82. The minimum Gasteiger partial charge on any atom is -0.396 e. The van der Waals surface area contributed by atoms with E-state index in [0.29, 0.717) is 17.8 Å². The van der Waals surface area contributed by atoms with Crippen LogP contribution in [-0.4, -0.2) is 53.9 Å². The monoisotopic (exact) mass is 280 g/mol. The molecule has 1 heterocycles. The van der Waals surface area contributed by atoms with Crippen molar-refractivity contribution >= 4 is 17.8 Å². The maximum atomic E-state index is 9.08. The Hall–Kier alpha value is -1.63. The number of aliphatic hydroxyl groups is 1. The maximum absolute atomic E-state index is 9.08. The molecular weight excluding hydrogens is 256 g/mol. The lowest BCUT2D eigenvalue weighted by Crippen LogP contribution is -2.21. The van der Waals surface area contributed by atoms with Crippen LogP contribution in [0.3, 0.4) is 0 Å². The highest BCUT2D eigenvalue weighted by molar-refractivity contribution is 5.43. The van der Waals surface area contributed by atoms with E-state index in [0.717, 1.165) is 32.4 Å². The molecule has 0 spiro atoms. The zero-order valence-electron chi connectivity index (χ0n) is 12.5. The smallest absolute Gasteiger partial charge is 0.231 e. The number of anilines is 3. The number of hydrogen-bond acceptors (Lipinski definition) is 7. The van der Waals surface area contributed by atoms with Gasteiger partial charge in [0, 0.05) is 33.8 Å². The fraction of sp³-hybridized carbons (Fsp3) is 0.769. The zero-order chi connectivity index (χ0) is 14.6. The van der Waals surface area contributed by atoms with E-state index < -0.39 is 0 Å². The van der Waals surface area contributed by atoms with Crippen LogP contribution in [0.15, 0.2) is 0 Å². The van der Waals surface area contributed by atoms with Crippen molar-refractivity contribution in [1.29, 1.82) is 0 Å². The number of aliphatic hydroxyl groups excluding tert-OH is 1. The molecule has 1 aromatic rings. The molecule has 1 aliphatic carbocycles. The molecular formula is C13H24N6O. The highest BCUT2D eigenvalue weighted by atomic mass is 16.3. The molecule has 1 aliphatic rings. The summed E-state index contributed by atoms with van der Waals surface area (Å²) >= 11 is 0. The molecule has 7 heteroatoms. The number of rotatable bonds is 8. The second-order valence-corrected chi connectivity index (χ2v) is 5.53. The lowest BCUT2D eigenvalue weighted by Gasteiger charge is -2.17. The van der Waals surface area contributed by atoms with E-state index in [2.05, 4.69) is 25.6 Å². The van der Waals surface area contributed by atoms with Gasteiger partial charge in [-0.15, -0.1) is 0 Å². The molecule has 20 heavy (non-hydrogen) atoms. The van der Waals surface area contributed by atoms with Crippen LogP contribution >= 0.6 is 0 Å². The molecule has 0 saturated heterocycles. The third-order valence-corrected chi connectivity index (χ3v) is 3.58. The summed E-state index contributed by atoms with van der Waals surface area (Å²) in [4.78, 5) is 14.9. The number of nitrogens with zero attached hydrogens (tertiary/aromatic N) is 4. The minimum absolute atomic E-state index is 0.234. The van der Waals surface area contributed by atoms with Crippen molar-refractivity contribution in [2.24, 2.45) is 5.41 Å². The summed E-state index contributed by atoms with van der Waals surface area (Å²) in [5.74, 6) is 1.80. The second kappa shape index (κ2) is 6.21. The first-order valence-corrected chi connectivity index (χ1v) is 7.10. The average Bonchev–Trinajstić information content (AvgIpc) is 3.17. The predicted molar refractivity (Wildman–Crippen MR) is 80.2 cm³/mol. The molecule has 0 aliphatic heterocycles. The SMILES string of the molecule is CCNc1nc(NCC2(CCO)CC2)nc(N(C)C)n1. The van der Waals surface area contributed by atoms with E-state index in [9.17, 15) is 0 Å². The summed E-state index contributed by atoms with van der Waals surface area (Å²) in [7, 11) is 3.81. The van der Waals surface area contributed by atoms with Crippen LogP contribution in [0.25, 0.3) is 0 Å². The standard InChI is InChI=1S/C13H24N6O/c1-4-14-10-16-11(18-12(17-10)19(2)3)15-9-13(5-6-13)7-8-20/h20H,4-9H2,1-3H3,(H2,14,15,16,17,18). The van der Waals surface area contributed by atoms with Crippen molar-refractivity contribution in [3.8, 4) is 0 Å². The van der Waals surface area contributed by atoms with Crippen molar-refractivity contribution in [2.45, 2.75) is 26.2 Å². The summed E-state index contributed by atoms with van der Waals surface area (Å²) in [5.41, 5.74) is 0.234. The molecule has 1 aromatic heterocycles. The second-order valence-electron chi connectivity index (χ2n) is 5.53. The van der Waals surface area contributed by atoms with Crippen LogP contribution in [0.1, 0.15) is 26.2 Å². The van der Waals surface area contributed by atoms with Gasteiger partial charge in [-0.1, -0.05) is 0 Å². The Labute approximate surface area is 119 Å². The van der Waals surface area contributed by atoms with E-state index >= 15 is 0 Å². The molecule has 0 bridgehead atoms. The topological polar surface area (TPSA) is 86.2 Å². The predicted octanol–water partition coefficient (Wildman–Crippen LogP) is 0.944. The van der Waals surface area contributed by atoms with Crippen LogP contribution in [0.5, 0.6) is 0 Å². The molecule has 0 unspecified atom stereocenters. The Morgan fingerprint density at radius 2 is 1.80 bits per heavy atom. The van der Waals surface area contributed by atoms with E-state index in [1.54, 1.807) is 0 Å². The van der Waals surface area contributed by atoms with E-state index in [1.807, 2.05) is 25.9 Å². The largest absolute Gasteiger partial charge is 0.396 e. The van der Waals surface area contributed by atoms with Gasteiger partial charge >= 0.3 is 0 Å². The lowest BCUT2D eigenvalue weighted by atomic mass is 10.0. The van der Waals surface area contributed by atoms with Crippen LogP contribution in [-0.2, 0) is 0 Å². The van der Waals surface area contributed by atoms with Gasteiger partial charge in [0.2, 0.25) is 17.8 Å². The van der Waals surface area contributed by atoms with Gasteiger partial charge in [0.1, 0.15) is 0 Å². The quantitative estimate of drug-likeness (QED) is 0.653. The van der Waals surface area contributed by atoms with Gasteiger partial charge in [-0.05, 0) is 31.6 Å². The first-order valence-electron chi connectivity index (χ1n) is 7.10. The first kappa shape index (κ1) is 14.8. The minimum atomic E-state index is 0.234. The lowest BCUT2D eigenvalue weighted by molar-refractivity contribution is 0.253. The summed E-state index contributed by atoms with van der Waals surface area (Å²) in [6.07, 6.45) is 3.16. The van der Waals surface area contributed by atoms with Crippen LogP contribution in [0, 0.1) is 5.41 Å². The van der Waals surface area contributed by atoms with Crippen molar-refractivity contribution in [3.05, 3.63) is 0 Å². The highest BCUT2D eigenvalue weighted by Gasteiger charge is 2.41. The van der Waals surface area contributed by atoms with Crippen molar-refractivity contribution in [2.75, 3.05) is 49.3 Å². The van der Waals surface area contributed by atoms with Crippen LogP contribution < -0.4 is 15.5 Å². The van der Waals surface area contributed by atoms with Gasteiger partial charge < -0.3 is 20.6 Å². The molecule has 0 radical (unpaired) electrons. The van der Waals surface area contributed by atoms with Gasteiger partial charge in [-0.3, -0.25) is 0 Å². The summed E-state index contributed by atoms with van der Waals surface area (Å²) < 4.78 is 0. The Morgan fingerprint density at radius 3 is 2.30 bits per heavy atom. The number of hydrogen-bond donors (Lipinski definition) is 3. The molecule has 7 nitrogen and oxygen atoms in total. The molecule has 3 N–H and O–H groups in total. The molecule has 1 saturated carbocycles. The number of nitrogens with one attached hydrogen (secondary N) is 2. The van der Waals surface area contributed by atoms with Gasteiger partial charge in [-0.25, -0.2) is 0 Å². The normalized spacial score (nSPS) is 15.8. The van der Waals surface area contributed by atoms with Crippen molar-refractivity contribution < 1.29 is 5.11 Å². The van der Waals surface area contributed by atoms with Gasteiger partial charge in [0.15, 0.2) is 0 Å². The van der Waals surface area contributed by atoms with E-state index in [1.165, 1.54) is 0 Å². The third kappa shape index (κ3) is 3.69. The Kier molecular flexibility index (Phi) is 4.59. The maximum Gasteiger partial charge on any atom is 0.231 e. The summed E-state index contributed by atoms with van der Waals surface area (Å²) in [6, 6.07) is 0. The molecule has 0 atom stereocenters. The third-order valence-electron chi connectivity index (χ3n) is 3.58. The molecule has 0 amide bonds. The van der Waals surface area contributed by atoms with Crippen LogP contribution in [0.2, 0.25) is 0 Å². The first-order chi connectivity index (χ1) is 9.58. The Morgan fingerprint density at radius 1 is 1.15 bits per heavy atom. The van der Waals surface area contributed by atoms with Crippen molar-refractivity contribution in [3.63, 3.8) is 0 Å². The van der Waals surface area contributed by atoms with E-state index in [-0.39, 0.29) is 12.0 Å². The molecule has 0 aromatic carbocycles. The number of aromatic nitrogens is 3. The Bertz CT molecular complexity index is 446. The van der Waals surface area contributed by atoms with E-state index in [4.69, 9.17) is 5.11 Å². The average molecular weight is 280 g/mol. The fourth-order valence-electron chi connectivity index (χ4n) is 2.08. The molecule has 2 rings (SSSR count). The van der Waals surface area contributed by atoms with Gasteiger partial charge in [-0.2, -0.15) is 15.0 Å². The Balaban J connectivity index is 2.06. The van der Waals surface area contributed by atoms with Crippen molar-refractivity contribution in [1.82, 2.24) is 15.0 Å². The summed E-state index contributed by atoms with van der Waals surface area (Å²) in [5, 5.41) is 15.5. The zero-order valence-corrected chi connectivity index (χ0v) is 12.5. The highest BCUT2D eigenvalue weighted by Crippen LogP contribution is 2.48. The fourth-order valence-corrected chi connectivity index (χ4v) is 2.08. The van der Waals surface area contributed by atoms with Crippen LogP contribution in [0.4, 0.5) is 17.8 Å². The molecule has 112 valence electrons. The molecule has 1 fully saturated rings. The van der Waals surface area contributed by atoms with Gasteiger partial charge in [0.05, 0.1) is 0 Å².